The number of terminal acetylenes is 1. The molecular formula is C14H13NO2. The summed E-state index contributed by atoms with van der Waals surface area (Å²) in [5, 5.41) is 0.927. The Morgan fingerprint density at radius 3 is 2.94 bits per heavy atom. The Morgan fingerprint density at radius 2 is 2.18 bits per heavy atom. The minimum absolute atomic E-state index is 0.299. The summed E-state index contributed by atoms with van der Waals surface area (Å²) in [6.45, 7) is 1.00. The minimum Gasteiger partial charge on any atom is -0.422 e. The highest BCUT2D eigenvalue weighted by molar-refractivity contribution is 5.76. The van der Waals surface area contributed by atoms with Crippen molar-refractivity contribution in [3.05, 3.63) is 46.3 Å². The number of hydrogen-bond acceptors (Lipinski definition) is 3. The molecule has 3 nitrogen and oxygen atoms in total. The third-order valence-electron chi connectivity index (χ3n) is 2.52. The van der Waals surface area contributed by atoms with Crippen molar-refractivity contribution < 1.29 is 4.42 Å². The number of fused-ring (bicyclic) bond motifs is 1. The molecule has 1 aromatic heterocycles. The van der Waals surface area contributed by atoms with E-state index >= 15 is 0 Å². The summed E-state index contributed by atoms with van der Waals surface area (Å²) < 4.78 is 5.24. The number of para-hydroxylation sites is 1. The maximum atomic E-state index is 11.7. The summed E-state index contributed by atoms with van der Waals surface area (Å²) in [7, 11) is 1.87. The molecule has 1 heterocycles. The van der Waals surface area contributed by atoms with E-state index in [1.165, 1.54) is 0 Å². The SMILES string of the molecule is C#CCN(C)Cc1cc2ccccc2oc1=O. The largest absolute Gasteiger partial charge is 0.422 e. The zero-order valence-corrected chi connectivity index (χ0v) is 9.64. The monoisotopic (exact) mass is 227 g/mol. The van der Waals surface area contributed by atoms with Crippen LogP contribution >= 0.6 is 0 Å². The maximum absolute atomic E-state index is 11.7. The van der Waals surface area contributed by atoms with Gasteiger partial charge < -0.3 is 4.42 Å². The Bertz CT molecular complexity index is 622. The highest BCUT2D eigenvalue weighted by Gasteiger charge is 2.07. The van der Waals surface area contributed by atoms with Gasteiger partial charge in [-0.2, -0.15) is 0 Å². The molecule has 0 aliphatic carbocycles. The Balaban J connectivity index is 2.38. The lowest BCUT2D eigenvalue weighted by molar-refractivity contribution is 0.361. The lowest BCUT2D eigenvalue weighted by Crippen LogP contribution is -2.22. The second kappa shape index (κ2) is 4.86. The van der Waals surface area contributed by atoms with Crippen LogP contribution in [0.3, 0.4) is 0 Å². The molecule has 0 bridgehead atoms. The van der Waals surface area contributed by atoms with Gasteiger partial charge in [-0.1, -0.05) is 24.1 Å². The van der Waals surface area contributed by atoms with E-state index in [0.717, 1.165) is 5.39 Å². The van der Waals surface area contributed by atoms with E-state index in [4.69, 9.17) is 10.8 Å². The standard InChI is InChI=1S/C14H13NO2/c1-3-8-15(2)10-12-9-11-6-4-5-7-13(11)17-14(12)16/h1,4-7,9H,8,10H2,2H3. The highest BCUT2D eigenvalue weighted by atomic mass is 16.4. The van der Waals surface area contributed by atoms with Crippen LogP contribution in [0.2, 0.25) is 0 Å². The van der Waals surface area contributed by atoms with Crippen LogP contribution in [0.5, 0.6) is 0 Å². The van der Waals surface area contributed by atoms with E-state index in [9.17, 15) is 4.79 Å². The molecule has 0 fully saturated rings. The average molecular weight is 227 g/mol. The molecule has 86 valence electrons. The summed E-state index contributed by atoms with van der Waals surface area (Å²) in [5.74, 6) is 2.54. The van der Waals surface area contributed by atoms with Crippen LogP contribution in [-0.2, 0) is 6.54 Å². The quantitative estimate of drug-likeness (QED) is 0.592. The first-order chi connectivity index (χ1) is 8.20. The molecule has 0 amide bonds. The van der Waals surface area contributed by atoms with Crippen molar-refractivity contribution in [3.8, 4) is 12.3 Å². The number of benzene rings is 1. The van der Waals surface area contributed by atoms with Gasteiger partial charge in [-0.3, -0.25) is 4.90 Å². The molecule has 0 unspecified atom stereocenters. The lowest BCUT2D eigenvalue weighted by Gasteiger charge is -2.12. The third-order valence-corrected chi connectivity index (χ3v) is 2.52. The predicted octanol–water partition coefficient (Wildman–Crippen LogP) is 1.86. The predicted molar refractivity (Wildman–Crippen MR) is 67.7 cm³/mol. The van der Waals surface area contributed by atoms with Crippen molar-refractivity contribution in [1.29, 1.82) is 0 Å². The van der Waals surface area contributed by atoms with E-state index in [1.807, 2.05) is 36.2 Å². The lowest BCUT2D eigenvalue weighted by atomic mass is 10.2. The minimum atomic E-state index is -0.299. The second-order valence-electron chi connectivity index (χ2n) is 3.97. The van der Waals surface area contributed by atoms with Crippen LogP contribution in [0.4, 0.5) is 0 Å². The summed E-state index contributed by atoms with van der Waals surface area (Å²) in [6.07, 6.45) is 5.22. The molecule has 2 aromatic rings. The molecule has 2 rings (SSSR count). The van der Waals surface area contributed by atoms with Crippen molar-refractivity contribution in [1.82, 2.24) is 4.90 Å². The van der Waals surface area contributed by atoms with Gasteiger partial charge in [0.15, 0.2) is 0 Å². The van der Waals surface area contributed by atoms with Crippen molar-refractivity contribution in [2.45, 2.75) is 6.54 Å². The van der Waals surface area contributed by atoms with Gasteiger partial charge in [0.25, 0.3) is 0 Å². The summed E-state index contributed by atoms with van der Waals surface area (Å²) >= 11 is 0. The van der Waals surface area contributed by atoms with Crippen LogP contribution in [0, 0.1) is 12.3 Å². The smallest absolute Gasteiger partial charge is 0.340 e. The molecule has 0 spiro atoms. The van der Waals surface area contributed by atoms with Crippen molar-refractivity contribution in [2.75, 3.05) is 13.6 Å². The number of hydrogen-bond donors (Lipinski definition) is 0. The summed E-state index contributed by atoms with van der Waals surface area (Å²) in [4.78, 5) is 13.6. The van der Waals surface area contributed by atoms with Crippen molar-refractivity contribution in [3.63, 3.8) is 0 Å². The molecule has 0 N–H and O–H groups in total. The van der Waals surface area contributed by atoms with Gasteiger partial charge >= 0.3 is 5.63 Å². The van der Waals surface area contributed by atoms with E-state index in [1.54, 1.807) is 6.07 Å². The molecule has 17 heavy (non-hydrogen) atoms. The molecule has 0 atom stereocenters. The average Bonchev–Trinajstić information content (AvgIpc) is 2.30. The fourth-order valence-electron chi connectivity index (χ4n) is 1.72. The molecule has 0 saturated carbocycles. The fourth-order valence-corrected chi connectivity index (χ4v) is 1.72. The molecule has 0 radical (unpaired) electrons. The van der Waals surface area contributed by atoms with E-state index in [0.29, 0.717) is 24.2 Å². The van der Waals surface area contributed by atoms with Gasteiger partial charge in [-0.25, -0.2) is 4.79 Å². The first-order valence-electron chi connectivity index (χ1n) is 5.34. The normalized spacial score (nSPS) is 10.6. The topological polar surface area (TPSA) is 33.5 Å². The molecule has 0 aliphatic heterocycles. The van der Waals surface area contributed by atoms with Crippen LogP contribution in [-0.4, -0.2) is 18.5 Å². The van der Waals surface area contributed by atoms with Gasteiger partial charge in [0, 0.05) is 11.9 Å². The summed E-state index contributed by atoms with van der Waals surface area (Å²) in [5.41, 5.74) is 0.940. The molecule has 0 saturated heterocycles. The number of nitrogens with zero attached hydrogens (tertiary/aromatic N) is 1. The Labute approximate surface area is 99.7 Å². The van der Waals surface area contributed by atoms with Gasteiger partial charge in [0.05, 0.1) is 12.1 Å². The van der Waals surface area contributed by atoms with Crippen LogP contribution in [0.25, 0.3) is 11.0 Å². The van der Waals surface area contributed by atoms with Crippen LogP contribution < -0.4 is 5.63 Å². The van der Waals surface area contributed by atoms with Crippen molar-refractivity contribution >= 4 is 11.0 Å². The Hall–Kier alpha value is -2.05. The zero-order valence-electron chi connectivity index (χ0n) is 9.64. The second-order valence-corrected chi connectivity index (χ2v) is 3.97. The van der Waals surface area contributed by atoms with Gasteiger partial charge in [-0.05, 0) is 19.2 Å². The van der Waals surface area contributed by atoms with Crippen molar-refractivity contribution in [2.24, 2.45) is 0 Å². The molecule has 1 aromatic carbocycles. The number of rotatable bonds is 3. The van der Waals surface area contributed by atoms with E-state index in [-0.39, 0.29) is 5.63 Å². The Kier molecular flexibility index (Phi) is 3.27. The first kappa shape index (κ1) is 11.4. The molecular weight excluding hydrogens is 214 g/mol. The first-order valence-corrected chi connectivity index (χ1v) is 5.34. The zero-order chi connectivity index (χ0) is 12.3. The van der Waals surface area contributed by atoms with Gasteiger partial charge in [0.2, 0.25) is 0 Å². The third kappa shape index (κ3) is 2.55. The highest BCUT2D eigenvalue weighted by Crippen LogP contribution is 2.13. The fraction of sp³-hybridized carbons (Fsp3) is 0.214. The van der Waals surface area contributed by atoms with Crippen LogP contribution in [0.1, 0.15) is 5.56 Å². The summed E-state index contributed by atoms with van der Waals surface area (Å²) in [6, 6.07) is 9.31. The molecule has 0 aliphatic rings. The van der Waals surface area contributed by atoms with E-state index < -0.39 is 0 Å². The van der Waals surface area contributed by atoms with E-state index in [2.05, 4.69) is 5.92 Å². The Morgan fingerprint density at radius 1 is 1.41 bits per heavy atom. The maximum Gasteiger partial charge on any atom is 0.340 e. The van der Waals surface area contributed by atoms with Gasteiger partial charge in [0.1, 0.15) is 5.58 Å². The van der Waals surface area contributed by atoms with Crippen LogP contribution in [0.15, 0.2) is 39.5 Å². The molecule has 3 heteroatoms. The van der Waals surface area contributed by atoms with Gasteiger partial charge in [-0.15, -0.1) is 6.42 Å².